The zero-order chi connectivity index (χ0) is 22.9. The van der Waals surface area contributed by atoms with Gasteiger partial charge in [0.05, 0.1) is 24.6 Å². The smallest absolute Gasteiger partial charge is 0.329 e. The number of hydrogen-bond acceptors (Lipinski definition) is 6. The number of hydrazone groups is 1. The van der Waals surface area contributed by atoms with E-state index >= 15 is 0 Å². The van der Waals surface area contributed by atoms with Crippen molar-refractivity contribution in [3.63, 3.8) is 0 Å². The fraction of sp³-hybridized carbons (Fsp3) is 0.304. The quantitative estimate of drug-likeness (QED) is 0.313. The van der Waals surface area contributed by atoms with Crippen molar-refractivity contribution in [2.75, 3.05) is 12.4 Å². The molecule has 168 valence electrons. The van der Waals surface area contributed by atoms with Crippen LogP contribution in [-0.4, -0.2) is 42.2 Å². The lowest BCUT2D eigenvalue weighted by molar-refractivity contribution is -0.136. The number of phenolic OH excluding ortho intramolecular Hbond substituents is 1. The molecule has 1 aliphatic rings. The first kappa shape index (κ1) is 22.8. The van der Waals surface area contributed by atoms with Crippen LogP contribution in [0.15, 0.2) is 47.6 Å². The van der Waals surface area contributed by atoms with Gasteiger partial charge in [-0.05, 0) is 37.1 Å². The summed E-state index contributed by atoms with van der Waals surface area (Å²) in [6, 6.07) is 11.4. The number of anilines is 1. The van der Waals surface area contributed by atoms with Crippen LogP contribution < -0.4 is 20.8 Å². The van der Waals surface area contributed by atoms with Gasteiger partial charge in [-0.2, -0.15) is 5.10 Å². The Kier molecular flexibility index (Phi) is 7.80. The van der Waals surface area contributed by atoms with Crippen molar-refractivity contribution >= 4 is 29.6 Å². The monoisotopic (exact) mass is 438 g/mol. The van der Waals surface area contributed by atoms with Crippen molar-refractivity contribution in [3.8, 4) is 11.5 Å². The van der Waals surface area contributed by atoms with Gasteiger partial charge in [0, 0.05) is 11.6 Å². The average Bonchev–Trinajstić information content (AvgIpc) is 2.81. The summed E-state index contributed by atoms with van der Waals surface area (Å²) < 4.78 is 5.00. The topological polar surface area (TPSA) is 129 Å². The number of benzene rings is 2. The Morgan fingerprint density at radius 2 is 1.78 bits per heavy atom. The molecule has 1 aliphatic carbocycles. The van der Waals surface area contributed by atoms with Crippen LogP contribution >= 0.6 is 0 Å². The Balaban J connectivity index is 1.60. The number of methoxy groups -OCH3 is 1. The maximum Gasteiger partial charge on any atom is 0.329 e. The molecule has 9 heteroatoms. The summed E-state index contributed by atoms with van der Waals surface area (Å²) >= 11 is 0. The maximum absolute atomic E-state index is 12.7. The van der Waals surface area contributed by atoms with Gasteiger partial charge in [0.15, 0.2) is 11.5 Å². The van der Waals surface area contributed by atoms with Gasteiger partial charge in [-0.25, -0.2) is 5.43 Å². The Labute approximate surface area is 185 Å². The summed E-state index contributed by atoms with van der Waals surface area (Å²) in [4.78, 5) is 37.1. The fourth-order valence-electron chi connectivity index (χ4n) is 3.50. The summed E-state index contributed by atoms with van der Waals surface area (Å²) in [5.41, 5.74) is 2.91. The Morgan fingerprint density at radius 3 is 2.53 bits per heavy atom. The molecule has 0 spiro atoms. The second-order valence-electron chi connectivity index (χ2n) is 7.41. The predicted molar refractivity (Wildman–Crippen MR) is 120 cm³/mol. The summed E-state index contributed by atoms with van der Waals surface area (Å²) in [5.74, 6) is -2.18. The number of nitrogens with zero attached hydrogens (tertiary/aromatic N) is 1. The lowest BCUT2D eigenvalue weighted by atomic mass is 9.95. The van der Waals surface area contributed by atoms with Gasteiger partial charge >= 0.3 is 11.8 Å². The summed E-state index contributed by atoms with van der Waals surface area (Å²) in [6.45, 7) is 0. The number of rotatable bonds is 6. The van der Waals surface area contributed by atoms with E-state index in [1.807, 2.05) is 0 Å². The van der Waals surface area contributed by atoms with Crippen molar-refractivity contribution < 1.29 is 24.2 Å². The van der Waals surface area contributed by atoms with E-state index in [0.29, 0.717) is 5.56 Å². The van der Waals surface area contributed by atoms with Gasteiger partial charge in [0.25, 0.3) is 5.91 Å². The van der Waals surface area contributed by atoms with Crippen LogP contribution in [0.2, 0.25) is 0 Å². The average molecular weight is 438 g/mol. The first-order chi connectivity index (χ1) is 15.5. The zero-order valence-corrected chi connectivity index (χ0v) is 17.8. The number of para-hydroxylation sites is 2. The second kappa shape index (κ2) is 10.9. The van der Waals surface area contributed by atoms with Crippen LogP contribution in [0.1, 0.15) is 48.0 Å². The van der Waals surface area contributed by atoms with E-state index < -0.39 is 11.8 Å². The first-order valence-electron chi connectivity index (χ1n) is 10.4. The van der Waals surface area contributed by atoms with Gasteiger partial charge in [0.2, 0.25) is 0 Å². The summed E-state index contributed by atoms with van der Waals surface area (Å²) in [7, 11) is 1.41. The van der Waals surface area contributed by atoms with Crippen LogP contribution in [-0.2, 0) is 9.59 Å². The third kappa shape index (κ3) is 5.84. The second-order valence-corrected chi connectivity index (χ2v) is 7.41. The van der Waals surface area contributed by atoms with Gasteiger partial charge in [0.1, 0.15) is 0 Å². The van der Waals surface area contributed by atoms with Crippen LogP contribution in [0.5, 0.6) is 11.5 Å². The highest BCUT2D eigenvalue weighted by Gasteiger charge is 2.20. The number of carbonyl (C=O) groups is 3. The van der Waals surface area contributed by atoms with Crippen molar-refractivity contribution in [1.29, 1.82) is 0 Å². The number of carbonyl (C=O) groups excluding carboxylic acids is 3. The third-order valence-corrected chi connectivity index (χ3v) is 5.19. The highest BCUT2D eigenvalue weighted by molar-refractivity contribution is 6.40. The van der Waals surface area contributed by atoms with E-state index in [4.69, 9.17) is 4.74 Å². The largest absolute Gasteiger partial charge is 0.504 e. The molecule has 0 aliphatic heterocycles. The molecule has 2 aromatic rings. The maximum atomic E-state index is 12.7. The van der Waals surface area contributed by atoms with Gasteiger partial charge in [-0.3, -0.25) is 14.4 Å². The molecule has 0 atom stereocenters. The number of aromatic hydroxyl groups is 1. The summed E-state index contributed by atoms with van der Waals surface area (Å²) in [6.07, 6.45) is 6.39. The number of phenols is 1. The zero-order valence-electron chi connectivity index (χ0n) is 17.8. The van der Waals surface area contributed by atoms with E-state index in [1.54, 1.807) is 42.5 Å². The highest BCUT2D eigenvalue weighted by Crippen LogP contribution is 2.28. The third-order valence-electron chi connectivity index (χ3n) is 5.19. The molecule has 0 bridgehead atoms. The van der Waals surface area contributed by atoms with Crippen molar-refractivity contribution in [2.45, 2.75) is 38.1 Å². The number of amides is 3. The number of hydrogen-bond donors (Lipinski definition) is 4. The predicted octanol–water partition coefficient (Wildman–Crippen LogP) is 2.55. The van der Waals surface area contributed by atoms with Crippen molar-refractivity contribution in [2.24, 2.45) is 5.10 Å². The standard InChI is InChI=1S/C23H26N4O5/c1-32-19-13-7-8-15(20(19)28)14-24-27-23(31)22(30)26-18-12-6-5-11-17(18)21(29)25-16-9-3-2-4-10-16/h5-8,11-14,16,28H,2-4,9-10H2,1H3,(H,25,29)(H,26,30)(H,27,31). The number of ether oxygens (including phenoxy) is 1. The van der Waals surface area contributed by atoms with Crippen LogP contribution in [0, 0.1) is 0 Å². The lowest BCUT2D eigenvalue weighted by Crippen LogP contribution is -2.37. The molecule has 3 amide bonds. The van der Waals surface area contributed by atoms with Crippen LogP contribution in [0.25, 0.3) is 0 Å². The molecular formula is C23H26N4O5. The first-order valence-corrected chi connectivity index (χ1v) is 10.4. The highest BCUT2D eigenvalue weighted by atomic mass is 16.5. The molecule has 0 saturated heterocycles. The summed E-state index contributed by atoms with van der Waals surface area (Å²) in [5, 5.41) is 19.2. The molecule has 0 unspecified atom stereocenters. The Hall–Kier alpha value is -3.88. The van der Waals surface area contributed by atoms with E-state index in [1.165, 1.54) is 19.7 Å². The van der Waals surface area contributed by atoms with Crippen LogP contribution in [0.4, 0.5) is 5.69 Å². The van der Waals surface area contributed by atoms with Crippen LogP contribution in [0.3, 0.4) is 0 Å². The Bertz CT molecular complexity index is 1020. The molecule has 1 fully saturated rings. The molecule has 2 aromatic carbocycles. The normalized spacial score (nSPS) is 14.0. The molecule has 0 radical (unpaired) electrons. The molecule has 0 heterocycles. The molecule has 3 rings (SSSR count). The number of nitrogens with one attached hydrogen (secondary N) is 3. The molecule has 0 aromatic heterocycles. The molecule has 32 heavy (non-hydrogen) atoms. The SMILES string of the molecule is COc1cccc(C=NNC(=O)C(=O)Nc2ccccc2C(=O)NC2CCCCC2)c1O. The molecular weight excluding hydrogens is 412 g/mol. The molecule has 9 nitrogen and oxygen atoms in total. The van der Waals surface area contributed by atoms with Gasteiger partial charge in [-0.15, -0.1) is 0 Å². The van der Waals surface area contributed by atoms with Gasteiger partial charge in [-0.1, -0.05) is 37.5 Å². The fourth-order valence-corrected chi connectivity index (χ4v) is 3.50. The Morgan fingerprint density at radius 1 is 1.03 bits per heavy atom. The van der Waals surface area contributed by atoms with E-state index in [9.17, 15) is 19.5 Å². The molecule has 1 saturated carbocycles. The minimum atomic E-state index is -1.02. The van der Waals surface area contributed by atoms with Crippen molar-refractivity contribution in [3.05, 3.63) is 53.6 Å². The lowest BCUT2D eigenvalue weighted by Gasteiger charge is -2.23. The van der Waals surface area contributed by atoms with E-state index in [-0.39, 0.29) is 34.7 Å². The van der Waals surface area contributed by atoms with E-state index in [0.717, 1.165) is 25.7 Å². The minimum absolute atomic E-state index is 0.116. The minimum Gasteiger partial charge on any atom is -0.504 e. The van der Waals surface area contributed by atoms with E-state index in [2.05, 4.69) is 21.2 Å². The van der Waals surface area contributed by atoms with Crippen molar-refractivity contribution in [1.82, 2.24) is 10.7 Å². The van der Waals surface area contributed by atoms with Gasteiger partial charge < -0.3 is 20.5 Å². The molecule has 4 N–H and O–H groups in total.